The zero-order valence-electron chi connectivity index (χ0n) is 19.9. The number of halogens is 2. The average molecular weight is 623 g/mol. The molecule has 0 unspecified atom stereocenters. The molecule has 5 N–H and O–H groups in total. The molecule has 0 aliphatic rings. The van der Waals surface area contributed by atoms with Gasteiger partial charge in [-0.3, -0.25) is 15.3 Å². The zero-order valence-corrected chi connectivity index (χ0v) is 24.0. The van der Waals surface area contributed by atoms with Gasteiger partial charge in [-0.1, -0.05) is 0 Å². The van der Waals surface area contributed by atoms with Gasteiger partial charge in [-0.2, -0.15) is 8.78 Å². The number of thiophene rings is 5. The Morgan fingerprint density at radius 3 is 1.69 bits per heavy atom. The number of nitrogens with two attached hydrogens (primary N) is 2. The maximum absolute atomic E-state index is 13.7. The maximum Gasteiger partial charge on any atom is 0.320 e. The Bertz CT molecular complexity index is 1630. The third kappa shape index (κ3) is 6.19. The Labute approximate surface area is 241 Å². The molecule has 0 spiro atoms. The lowest BCUT2D eigenvalue weighted by atomic mass is 10.1. The lowest BCUT2D eigenvalue weighted by Gasteiger charge is -2.09. The molecule has 0 saturated carbocycles. The molecule has 0 aliphatic carbocycles. The summed E-state index contributed by atoms with van der Waals surface area (Å²) in [4.78, 5) is 29.1. The molecule has 0 bridgehead atoms. The molecule has 39 heavy (non-hydrogen) atoms. The highest BCUT2D eigenvalue weighted by molar-refractivity contribution is 7.29. The van der Waals surface area contributed by atoms with Gasteiger partial charge in [0.2, 0.25) is 0 Å². The van der Waals surface area contributed by atoms with Gasteiger partial charge >= 0.3 is 5.97 Å². The first-order valence-electron chi connectivity index (χ1n) is 11.4. The monoisotopic (exact) mass is 622 g/mol. The fourth-order valence-electron chi connectivity index (χ4n) is 3.96. The SMILES string of the molecule is N[C@H](Cc1cc(-c2ccc(F)s2)sc1-c1ccc(-c2sc(-c3ccc(F)s3)cc2C[C@H](N)C(=O)O)s1)OC=O. The third-order valence-corrected chi connectivity index (χ3v) is 11.7. The van der Waals surface area contributed by atoms with Gasteiger partial charge in [0.1, 0.15) is 6.04 Å². The molecule has 5 aromatic rings. The van der Waals surface area contributed by atoms with Crippen LogP contribution in [-0.2, 0) is 27.2 Å². The molecule has 0 aliphatic heterocycles. The van der Waals surface area contributed by atoms with Crippen LogP contribution in [0.15, 0.2) is 48.5 Å². The van der Waals surface area contributed by atoms with Gasteiger partial charge in [-0.15, -0.1) is 56.7 Å². The summed E-state index contributed by atoms with van der Waals surface area (Å²) in [5.74, 6) is -1.10. The summed E-state index contributed by atoms with van der Waals surface area (Å²) >= 11 is 6.53. The number of carboxylic acid groups (broad SMARTS) is 1. The fraction of sp³-hybridized carbons (Fsp3) is 0.154. The number of ether oxygens (including phenoxy) is 1. The van der Waals surface area contributed by atoms with E-state index >= 15 is 0 Å². The molecule has 2 atom stereocenters. The van der Waals surface area contributed by atoms with E-state index in [1.54, 1.807) is 12.1 Å². The van der Waals surface area contributed by atoms with E-state index in [2.05, 4.69) is 0 Å². The van der Waals surface area contributed by atoms with Crippen molar-refractivity contribution in [2.75, 3.05) is 0 Å². The van der Waals surface area contributed by atoms with Crippen LogP contribution >= 0.6 is 56.7 Å². The lowest BCUT2D eigenvalue weighted by molar-refractivity contribution is -0.138. The Balaban J connectivity index is 1.55. The molecule has 13 heteroatoms. The highest BCUT2D eigenvalue weighted by atomic mass is 32.1. The first-order valence-corrected chi connectivity index (χ1v) is 15.5. The topological polar surface area (TPSA) is 116 Å². The predicted octanol–water partition coefficient (Wildman–Crippen LogP) is 6.90. The maximum atomic E-state index is 13.7. The second kappa shape index (κ2) is 11.8. The van der Waals surface area contributed by atoms with E-state index in [0.717, 1.165) is 72.8 Å². The largest absolute Gasteiger partial charge is 0.480 e. The van der Waals surface area contributed by atoms with Gasteiger partial charge in [-0.05, 0) is 66.1 Å². The molecule has 5 rings (SSSR count). The van der Waals surface area contributed by atoms with Gasteiger partial charge in [0.15, 0.2) is 16.5 Å². The first kappa shape index (κ1) is 27.8. The van der Waals surface area contributed by atoms with Crippen molar-refractivity contribution in [3.63, 3.8) is 0 Å². The summed E-state index contributed by atoms with van der Waals surface area (Å²) < 4.78 is 32.4. The molecule has 0 saturated heterocycles. The predicted molar refractivity (Wildman–Crippen MR) is 156 cm³/mol. The van der Waals surface area contributed by atoms with Crippen LogP contribution in [0, 0.1) is 10.3 Å². The third-order valence-electron chi connectivity index (χ3n) is 5.71. The molecule has 5 aromatic heterocycles. The molecule has 0 aromatic carbocycles. The van der Waals surface area contributed by atoms with Crippen molar-refractivity contribution in [2.24, 2.45) is 11.5 Å². The van der Waals surface area contributed by atoms with Crippen molar-refractivity contribution in [2.45, 2.75) is 25.1 Å². The van der Waals surface area contributed by atoms with Crippen molar-refractivity contribution in [3.05, 3.63) is 69.9 Å². The Morgan fingerprint density at radius 1 is 0.769 bits per heavy atom. The van der Waals surface area contributed by atoms with E-state index in [-0.39, 0.29) is 23.1 Å². The molecule has 6 nitrogen and oxygen atoms in total. The summed E-state index contributed by atoms with van der Waals surface area (Å²) in [5.41, 5.74) is 13.5. The number of hydrogen-bond donors (Lipinski definition) is 3. The van der Waals surface area contributed by atoms with Crippen LogP contribution in [0.5, 0.6) is 0 Å². The quantitative estimate of drug-likeness (QED) is 0.109. The highest BCUT2D eigenvalue weighted by Gasteiger charge is 2.22. The summed E-state index contributed by atoms with van der Waals surface area (Å²) in [6.45, 7) is 0.312. The number of rotatable bonds is 11. The second-order valence-electron chi connectivity index (χ2n) is 8.43. The molecule has 0 radical (unpaired) electrons. The van der Waals surface area contributed by atoms with Crippen LogP contribution in [-0.4, -0.2) is 29.8 Å². The molecular formula is C26H20F2N2O4S5. The summed E-state index contributed by atoms with van der Waals surface area (Å²) in [7, 11) is 0. The van der Waals surface area contributed by atoms with E-state index in [1.165, 1.54) is 46.1 Å². The first-order chi connectivity index (χ1) is 18.7. The zero-order chi connectivity index (χ0) is 27.7. The minimum Gasteiger partial charge on any atom is -0.480 e. The molecule has 0 fully saturated rings. The van der Waals surface area contributed by atoms with Crippen LogP contribution in [0.4, 0.5) is 8.78 Å². The smallest absolute Gasteiger partial charge is 0.320 e. The Kier molecular flexibility index (Phi) is 8.38. The van der Waals surface area contributed by atoms with E-state index < -0.39 is 18.2 Å². The van der Waals surface area contributed by atoms with Crippen LogP contribution in [0.1, 0.15) is 11.1 Å². The lowest BCUT2D eigenvalue weighted by Crippen LogP contribution is -2.32. The van der Waals surface area contributed by atoms with Crippen molar-refractivity contribution < 1.29 is 28.2 Å². The van der Waals surface area contributed by atoms with Gasteiger partial charge in [0.25, 0.3) is 6.47 Å². The Morgan fingerprint density at radius 2 is 1.26 bits per heavy atom. The van der Waals surface area contributed by atoms with Crippen LogP contribution < -0.4 is 11.5 Å². The van der Waals surface area contributed by atoms with Crippen molar-refractivity contribution in [1.29, 1.82) is 0 Å². The normalized spacial score (nSPS) is 12.9. The number of carbonyl (C=O) groups is 2. The van der Waals surface area contributed by atoms with E-state index in [4.69, 9.17) is 16.2 Å². The van der Waals surface area contributed by atoms with Gasteiger partial charge in [-0.25, -0.2) is 0 Å². The van der Waals surface area contributed by atoms with E-state index in [1.807, 2.05) is 24.3 Å². The molecular weight excluding hydrogens is 603 g/mol. The summed E-state index contributed by atoms with van der Waals surface area (Å²) in [6.07, 6.45) is -0.436. The van der Waals surface area contributed by atoms with E-state index in [0.29, 0.717) is 6.47 Å². The minimum absolute atomic E-state index is 0.123. The number of aliphatic carboxylic acids is 1. The number of carbonyl (C=O) groups excluding carboxylic acids is 1. The van der Waals surface area contributed by atoms with Crippen molar-refractivity contribution in [1.82, 2.24) is 0 Å². The second-order valence-corrected chi connectivity index (χ2v) is 13.7. The van der Waals surface area contributed by atoms with Crippen LogP contribution in [0.25, 0.3) is 39.0 Å². The van der Waals surface area contributed by atoms with Crippen LogP contribution in [0.2, 0.25) is 0 Å². The van der Waals surface area contributed by atoms with Crippen molar-refractivity contribution >= 4 is 69.1 Å². The molecule has 202 valence electrons. The summed E-state index contributed by atoms with van der Waals surface area (Å²) in [5, 5.41) is 8.81. The van der Waals surface area contributed by atoms with Gasteiger partial charge in [0, 0.05) is 45.4 Å². The highest BCUT2D eigenvalue weighted by Crippen LogP contribution is 2.48. The van der Waals surface area contributed by atoms with Crippen molar-refractivity contribution in [3.8, 4) is 39.0 Å². The fourth-order valence-corrected chi connectivity index (χ4v) is 9.26. The summed E-state index contributed by atoms with van der Waals surface area (Å²) in [6, 6.07) is 12.9. The van der Waals surface area contributed by atoms with Crippen LogP contribution in [0.3, 0.4) is 0 Å². The number of hydrogen-bond acceptors (Lipinski definition) is 10. The standard InChI is InChI=1S/C26H20F2N2O4S5/c27-21-5-3-15(36-21)19-8-12(7-14(29)26(32)33)24(38-19)17-1-2-18(35-17)25-13(10-23(30)34-11-31)9-20(39-25)16-4-6-22(28)37-16/h1-6,8-9,11,14,23H,7,10,29-30H2,(H,32,33)/t14-,23-/m0/s1. The number of carboxylic acids is 1. The molecule has 0 amide bonds. The Hall–Kier alpha value is -2.78. The average Bonchev–Trinajstić information content (AvgIpc) is 3.70. The van der Waals surface area contributed by atoms with Gasteiger partial charge < -0.3 is 15.6 Å². The van der Waals surface area contributed by atoms with E-state index in [9.17, 15) is 23.5 Å². The molecule has 5 heterocycles. The van der Waals surface area contributed by atoms with Gasteiger partial charge in [0.05, 0.1) is 0 Å². The minimum atomic E-state index is -1.10.